The second-order valence-electron chi connectivity index (χ2n) is 10.7. The van der Waals surface area contributed by atoms with Gasteiger partial charge in [0.15, 0.2) is 0 Å². The van der Waals surface area contributed by atoms with Gasteiger partial charge in [-0.25, -0.2) is 8.78 Å². The quantitative estimate of drug-likeness (QED) is 0.447. The van der Waals surface area contributed by atoms with Gasteiger partial charge in [-0.1, -0.05) is 32.9 Å². The number of carbonyl (C=O) groups is 1. The average molecular weight is 491 g/mol. The van der Waals surface area contributed by atoms with Crippen LogP contribution >= 0.6 is 12.6 Å². The molecule has 186 valence electrons. The molecule has 2 aromatic carbocycles. The van der Waals surface area contributed by atoms with Crippen LogP contribution in [0, 0.1) is 17.0 Å². The first-order chi connectivity index (χ1) is 15.8. The van der Waals surface area contributed by atoms with Crippen LogP contribution in [-0.2, 0) is 23.2 Å². The Morgan fingerprint density at radius 3 is 2.44 bits per heavy atom. The minimum Gasteiger partial charge on any atom is -0.493 e. The average Bonchev–Trinajstić information content (AvgIpc) is 2.70. The van der Waals surface area contributed by atoms with Crippen LogP contribution in [0.4, 0.5) is 8.78 Å². The topological polar surface area (TPSA) is 50.4 Å². The third-order valence-corrected chi connectivity index (χ3v) is 6.71. The molecule has 0 bridgehead atoms. The molecule has 1 unspecified atom stereocenters. The largest absolute Gasteiger partial charge is 0.493 e. The summed E-state index contributed by atoms with van der Waals surface area (Å²) >= 11 is 4.77. The molecule has 0 spiro atoms. The minimum atomic E-state index is -0.636. The van der Waals surface area contributed by atoms with E-state index in [1.54, 1.807) is 0 Å². The van der Waals surface area contributed by atoms with Gasteiger partial charge in [0.2, 0.25) is 5.91 Å². The van der Waals surface area contributed by atoms with E-state index in [1.165, 1.54) is 24.6 Å². The van der Waals surface area contributed by atoms with E-state index in [0.717, 1.165) is 30.2 Å². The Labute approximate surface area is 207 Å². The molecule has 1 heterocycles. The molecule has 0 fully saturated rings. The smallest absolute Gasteiger partial charge is 0.217 e. The lowest BCUT2D eigenvalue weighted by molar-refractivity contribution is -0.119. The SMILES string of the molecule is CC(=O)N[C@@H](Cc1cc(F)cc(F)c1)[C@@H](S)CNC1(C)CCOc2ccc(CC(C)(C)C)cc21. The summed E-state index contributed by atoms with van der Waals surface area (Å²) in [5.74, 6) is -0.607. The maximum Gasteiger partial charge on any atom is 0.217 e. The van der Waals surface area contributed by atoms with Gasteiger partial charge in [-0.05, 0) is 54.5 Å². The maximum atomic E-state index is 13.7. The second-order valence-corrected chi connectivity index (χ2v) is 11.4. The number of thiol groups is 1. The van der Waals surface area contributed by atoms with Crippen molar-refractivity contribution >= 4 is 18.5 Å². The van der Waals surface area contributed by atoms with Gasteiger partial charge in [-0.15, -0.1) is 0 Å². The maximum absolute atomic E-state index is 13.7. The number of fused-ring (bicyclic) bond motifs is 1. The third-order valence-electron chi connectivity index (χ3n) is 6.16. The Morgan fingerprint density at radius 1 is 1.15 bits per heavy atom. The fraction of sp³-hybridized carbons (Fsp3) is 0.519. The van der Waals surface area contributed by atoms with Crippen LogP contribution in [0.3, 0.4) is 0 Å². The summed E-state index contributed by atoms with van der Waals surface area (Å²) in [6.07, 6.45) is 2.02. The molecule has 2 aromatic rings. The predicted octanol–water partition coefficient (Wildman–Crippen LogP) is 5.19. The molecule has 0 saturated carbocycles. The van der Waals surface area contributed by atoms with Crippen LogP contribution in [0.2, 0.25) is 0 Å². The number of carbonyl (C=O) groups excluding carboxylic acids is 1. The van der Waals surface area contributed by atoms with Gasteiger partial charge in [0.25, 0.3) is 0 Å². The monoisotopic (exact) mass is 490 g/mol. The highest BCUT2D eigenvalue weighted by Crippen LogP contribution is 2.38. The summed E-state index contributed by atoms with van der Waals surface area (Å²) in [5.41, 5.74) is 2.70. The van der Waals surface area contributed by atoms with Gasteiger partial charge in [-0.2, -0.15) is 12.6 Å². The highest BCUT2D eigenvalue weighted by molar-refractivity contribution is 7.81. The lowest BCUT2D eigenvalue weighted by atomic mass is 9.82. The zero-order valence-electron chi connectivity index (χ0n) is 20.7. The molecular weight excluding hydrogens is 454 g/mol. The molecule has 4 nitrogen and oxygen atoms in total. The molecule has 1 amide bonds. The van der Waals surface area contributed by atoms with Crippen molar-refractivity contribution in [2.24, 2.45) is 5.41 Å². The van der Waals surface area contributed by atoms with Crippen LogP contribution in [-0.4, -0.2) is 30.4 Å². The lowest BCUT2D eigenvalue weighted by Crippen LogP contribution is -2.51. The number of nitrogens with one attached hydrogen (secondary N) is 2. The van der Waals surface area contributed by atoms with Crippen molar-refractivity contribution in [2.75, 3.05) is 13.2 Å². The van der Waals surface area contributed by atoms with Crippen molar-refractivity contribution in [2.45, 2.75) is 70.7 Å². The van der Waals surface area contributed by atoms with E-state index in [9.17, 15) is 13.6 Å². The summed E-state index contributed by atoms with van der Waals surface area (Å²) in [6, 6.07) is 9.42. The third kappa shape index (κ3) is 7.19. The number of halogens is 2. The van der Waals surface area contributed by atoms with Gasteiger partial charge < -0.3 is 15.4 Å². The summed E-state index contributed by atoms with van der Waals surface area (Å²) in [7, 11) is 0. The zero-order valence-corrected chi connectivity index (χ0v) is 21.6. The molecule has 7 heteroatoms. The fourth-order valence-corrected chi connectivity index (χ4v) is 4.81. The Hall–Kier alpha value is -2.12. The predicted molar refractivity (Wildman–Crippen MR) is 136 cm³/mol. The van der Waals surface area contributed by atoms with E-state index in [-0.39, 0.29) is 28.5 Å². The standard InChI is InChI=1S/C27H36F2N2O2S/c1-17(32)31-23(13-19-10-20(28)14-21(29)11-19)25(34)16-30-27(5)8-9-33-24-7-6-18(12-22(24)27)15-26(2,3)4/h6-7,10-12,14,23,25,30,34H,8-9,13,15-16H2,1-5H3,(H,31,32)/t23-,25-,27?/m0/s1. The Morgan fingerprint density at radius 2 is 1.82 bits per heavy atom. The molecule has 0 radical (unpaired) electrons. The van der Waals surface area contributed by atoms with E-state index >= 15 is 0 Å². The number of ether oxygens (including phenoxy) is 1. The molecular formula is C27H36F2N2O2S. The van der Waals surface area contributed by atoms with Crippen molar-refractivity contribution in [3.63, 3.8) is 0 Å². The number of amides is 1. The summed E-state index contributed by atoms with van der Waals surface area (Å²) < 4.78 is 33.3. The fourth-order valence-electron chi connectivity index (χ4n) is 4.54. The molecule has 0 saturated heterocycles. The molecule has 0 aliphatic carbocycles. The van der Waals surface area contributed by atoms with Crippen molar-refractivity contribution in [1.82, 2.24) is 10.6 Å². The van der Waals surface area contributed by atoms with E-state index in [4.69, 9.17) is 17.4 Å². The highest BCUT2D eigenvalue weighted by Gasteiger charge is 2.34. The van der Waals surface area contributed by atoms with Crippen molar-refractivity contribution in [3.8, 4) is 5.75 Å². The summed E-state index contributed by atoms with van der Waals surface area (Å²) in [6.45, 7) is 11.3. The first-order valence-electron chi connectivity index (χ1n) is 11.8. The first kappa shape index (κ1) is 26.5. The molecule has 0 aromatic heterocycles. The van der Waals surface area contributed by atoms with E-state index in [2.05, 4.69) is 50.5 Å². The lowest BCUT2D eigenvalue weighted by Gasteiger charge is -2.39. The van der Waals surface area contributed by atoms with Gasteiger partial charge in [-0.3, -0.25) is 4.79 Å². The molecule has 2 N–H and O–H groups in total. The molecule has 34 heavy (non-hydrogen) atoms. The number of benzene rings is 2. The Kier molecular flexibility index (Phi) is 8.30. The summed E-state index contributed by atoms with van der Waals surface area (Å²) in [4.78, 5) is 11.8. The first-order valence-corrected chi connectivity index (χ1v) is 12.3. The molecule has 1 aliphatic heterocycles. The molecule has 1 aliphatic rings. The van der Waals surface area contributed by atoms with Gasteiger partial charge in [0.05, 0.1) is 6.61 Å². The van der Waals surface area contributed by atoms with Crippen LogP contribution in [0.1, 0.15) is 57.7 Å². The number of hydrogen-bond donors (Lipinski definition) is 3. The Balaban J connectivity index is 1.76. The van der Waals surface area contributed by atoms with Gasteiger partial charge in [0, 0.05) is 48.3 Å². The van der Waals surface area contributed by atoms with Crippen LogP contribution in [0.15, 0.2) is 36.4 Å². The zero-order chi connectivity index (χ0) is 25.1. The normalized spacial score (nSPS) is 19.6. The minimum absolute atomic E-state index is 0.172. The van der Waals surface area contributed by atoms with E-state index in [1.807, 2.05) is 6.07 Å². The van der Waals surface area contributed by atoms with Crippen molar-refractivity contribution < 1.29 is 18.3 Å². The van der Waals surface area contributed by atoms with E-state index in [0.29, 0.717) is 18.7 Å². The highest BCUT2D eigenvalue weighted by atomic mass is 32.1. The van der Waals surface area contributed by atoms with Crippen LogP contribution in [0.5, 0.6) is 5.75 Å². The van der Waals surface area contributed by atoms with Gasteiger partial charge >= 0.3 is 0 Å². The van der Waals surface area contributed by atoms with Crippen LogP contribution in [0.25, 0.3) is 0 Å². The van der Waals surface area contributed by atoms with Crippen molar-refractivity contribution in [3.05, 3.63) is 64.7 Å². The van der Waals surface area contributed by atoms with Gasteiger partial charge in [0.1, 0.15) is 17.4 Å². The molecule has 3 rings (SSSR count). The van der Waals surface area contributed by atoms with Crippen LogP contribution < -0.4 is 15.4 Å². The van der Waals surface area contributed by atoms with Crippen molar-refractivity contribution in [1.29, 1.82) is 0 Å². The number of hydrogen-bond acceptors (Lipinski definition) is 4. The Bertz CT molecular complexity index is 1000. The molecule has 3 atom stereocenters. The second kappa shape index (κ2) is 10.6. The number of rotatable bonds is 8. The van der Waals surface area contributed by atoms with E-state index < -0.39 is 17.7 Å². The summed E-state index contributed by atoms with van der Waals surface area (Å²) in [5, 5.41) is 6.27.